The summed E-state index contributed by atoms with van der Waals surface area (Å²) in [5.41, 5.74) is 8.93. The highest BCUT2D eigenvalue weighted by atomic mass is 79.9. The van der Waals surface area contributed by atoms with Crippen LogP contribution in [0, 0.1) is 0 Å². The van der Waals surface area contributed by atoms with E-state index >= 15 is 0 Å². The Labute approximate surface area is 114 Å². The second-order valence-corrected chi connectivity index (χ2v) is 7.10. The van der Waals surface area contributed by atoms with Crippen molar-refractivity contribution in [2.24, 2.45) is 5.73 Å². The van der Waals surface area contributed by atoms with Crippen molar-refractivity contribution in [2.45, 2.75) is 31.8 Å². The number of fused-ring (bicyclic) bond motifs is 1. The Kier molecular flexibility index (Phi) is 3.11. The van der Waals surface area contributed by atoms with Crippen LogP contribution in [0.3, 0.4) is 0 Å². The molecule has 3 rings (SSSR count). The molecule has 0 amide bonds. The maximum absolute atomic E-state index is 6.14. The van der Waals surface area contributed by atoms with Crippen LogP contribution in [0.2, 0.25) is 0 Å². The Morgan fingerprint density at radius 1 is 1.41 bits per heavy atom. The molecular weight excluding hydrogens is 296 g/mol. The first kappa shape index (κ1) is 11.5. The monoisotopic (exact) mass is 310 g/mol. The summed E-state index contributed by atoms with van der Waals surface area (Å²) < 4.78 is 3.55. The van der Waals surface area contributed by atoms with E-state index in [4.69, 9.17) is 5.73 Å². The minimum absolute atomic E-state index is 0.245. The van der Waals surface area contributed by atoms with Gasteiger partial charge in [-0.2, -0.15) is 0 Å². The molecule has 90 valence electrons. The summed E-state index contributed by atoms with van der Waals surface area (Å²) in [5, 5.41) is 0. The molecule has 1 unspecified atom stereocenters. The van der Waals surface area contributed by atoms with Gasteiger partial charge in [0.1, 0.15) is 0 Å². The smallest absolute Gasteiger partial charge is 0.0702 e. The fourth-order valence-corrected chi connectivity index (χ4v) is 4.03. The second kappa shape index (κ2) is 4.59. The molecule has 0 fully saturated rings. The van der Waals surface area contributed by atoms with E-state index in [0.29, 0.717) is 0 Å². The molecule has 0 spiro atoms. The highest BCUT2D eigenvalue weighted by Crippen LogP contribution is 2.30. The zero-order chi connectivity index (χ0) is 11.8. The third-order valence-corrected chi connectivity index (χ3v) is 5.01. The van der Waals surface area contributed by atoms with Gasteiger partial charge in [-0.15, -0.1) is 11.3 Å². The van der Waals surface area contributed by atoms with Gasteiger partial charge >= 0.3 is 0 Å². The number of halogens is 1. The normalized spacial score (nSPS) is 19.3. The van der Waals surface area contributed by atoms with E-state index in [1.807, 2.05) is 0 Å². The van der Waals surface area contributed by atoms with Gasteiger partial charge in [-0.3, -0.25) is 0 Å². The van der Waals surface area contributed by atoms with Gasteiger partial charge in [-0.05, 0) is 59.0 Å². The van der Waals surface area contributed by atoms with Gasteiger partial charge < -0.3 is 10.3 Å². The summed E-state index contributed by atoms with van der Waals surface area (Å²) in [6.07, 6.45) is 5.69. The van der Waals surface area contributed by atoms with Crippen LogP contribution in [0.1, 0.15) is 35.0 Å². The quantitative estimate of drug-likeness (QED) is 0.901. The first-order valence-electron chi connectivity index (χ1n) is 5.92. The number of thiophene rings is 1. The molecule has 0 radical (unpaired) electrons. The zero-order valence-corrected chi connectivity index (χ0v) is 11.9. The van der Waals surface area contributed by atoms with Crippen LogP contribution in [-0.2, 0) is 13.0 Å². The van der Waals surface area contributed by atoms with Gasteiger partial charge in [0, 0.05) is 22.8 Å². The zero-order valence-electron chi connectivity index (χ0n) is 9.53. The lowest BCUT2D eigenvalue weighted by atomic mass is 9.94. The third kappa shape index (κ3) is 2.21. The van der Waals surface area contributed by atoms with Gasteiger partial charge in [0.05, 0.1) is 10.3 Å². The van der Waals surface area contributed by atoms with Crippen LogP contribution in [0.25, 0.3) is 0 Å². The third-order valence-electron chi connectivity index (χ3n) is 3.40. The van der Waals surface area contributed by atoms with Gasteiger partial charge in [-0.1, -0.05) is 0 Å². The Bertz CT molecular complexity index is 529. The maximum Gasteiger partial charge on any atom is 0.0702 e. The number of nitrogens with zero attached hydrogens (tertiary/aromatic N) is 1. The van der Waals surface area contributed by atoms with E-state index in [1.165, 1.54) is 32.8 Å². The molecule has 17 heavy (non-hydrogen) atoms. The first-order chi connectivity index (χ1) is 8.24. The van der Waals surface area contributed by atoms with Crippen molar-refractivity contribution < 1.29 is 0 Å². The molecule has 0 bridgehead atoms. The summed E-state index contributed by atoms with van der Waals surface area (Å²) in [4.78, 5) is 1.38. The van der Waals surface area contributed by atoms with E-state index in [-0.39, 0.29) is 6.04 Å². The molecule has 1 aliphatic carbocycles. The highest BCUT2D eigenvalue weighted by molar-refractivity contribution is 9.11. The molecule has 2 aromatic heterocycles. The lowest BCUT2D eigenvalue weighted by molar-refractivity contribution is 0.548. The van der Waals surface area contributed by atoms with E-state index in [2.05, 4.69) is 44.9 Å². The van der Waals surface area contributed by atoms with Gasteiger partial charge in [0.25, 0.3) is 0 Å². The van der Waals surface area contributed by atoms with Crippen LogP contribution in [0.5, 0.6) is 0 Å². The van der Waals surface area contributed by atoms with Crippen molar-refractivity contribution in [3.8, 4) is 0 Å². The van der Waals surface area contributed by atoms with Gasteiger partial charge in [0.15, 0.2) is 0 Å². The molecule has 2 aromatic rings. The number of rotatable bonds is 2. The van der Waals surface area contributed by atoms with Gasteiger partial charge in [-0.25, -0.2) is 0 Å². The molecule has 4 heteroatoms. The van der Waals surface area contributed by atoms with Crippen LogP contribution in [0.15, 0.2) is 28.2 Å². The molecule has 1 atom stereocenters. The van der Waals surface area contributed by atoms with Crippen molar-refractivity contribution in [2.75, 3.05) is 0 Å². The Hall–Kier alpha value is -0.580. The molecule has 2 heterocycles. The van der Waals surface area contributed by atoms with Crippen LogP contribution in [-0.4, -0.2) is 4.57 Å². The topological polar surface area (TPSA) is 30.9 Å². The summed E-state index contributed by atoms with van der Waals surface area (Å²) in [7, 11) is 0. The number of hydrogen-bond donors (Lipinski definition) is 1. The molecule has 2 nitrogen and oxygen atoms in total. The molecule has 1 aliphatic rings. The van der Waals surface area contributed by atoms with Crippen molar-refractivity contribution >= 4 is 27.3 Å². The van der Waals surface area contributed by atoms with E-state index in [1.54, 1.807) is 11.3 Å². The number of nitrogens with two attached hydrogens (primary N) is 1. The standard InChI is InChI=1S/C13H15BrN2S/c14-13-5-4-9(17-13)8-16-7-6-10-11(15)2-1-3-12(10)16/h4-7,11H,1-3,8,15H2. The Balaban J connectivity index is 1.89. The van der Waals surface area contributed by atoms with E-state index in [9.17, 15) is 0 Å². The largest absolute Gasteiger partial charge is 0.346 e. The van der Waals surface area contributed by atoms with Crippen molar-refractivity contribution in [3.63, 3.8) is 0 Å². The number of hydrogen-bond acceptors (Lipinski definition) is 2. The fourth-order valence-electron chi connectivity index (χ4n) is 2.55. The molecule has 0 saturated carbocycles. The highest BCUT2D eigenvalue weighted by Gasteiger charge is 2.20. The Morgan fingerprint density at radius 3 is 3.06 bits per heavy atom. The molecular formula is C13H15BrN2S. The summed E-state index contributed by atoms with van der Waals surface area (Å²) in [5.74, 6) is 0. The average Bonchev–Trinajstić information content (AvgIpc) is 2.88. The van der Waals surface area contributed by atoms with Crippen molar-refractivity contribution in [3.05, 3.63) is 44.3 Å². The fraction of sp³-hybridized carbons (Fsp3) is 0.385. The van der Waals surface area contributed by atoms with E-state index in [0.717, 1.165) is 13.0 Å². The average molecular weight is 311 g/mol. The number of aromatic nitrogens is 1. The molecule has 2 N–H and O–H groups in total. The maximum atomic E-state index is 6.14. The minimum Gasteiger partial charge on any atom is -0.346 e. The molecule has 0 aromatic carbocycles. The predicted octanol–water partition coefficient (Wildman–Crippen LogP) is 3.70. The van der Waals surface area contributed by atoms with Crippen molar-refractivity contribution in [1.29, 1.82) is 0 Å². The molecule has 0 aliphatic heterocycles. The minimum atomic E-state index is 0.245. The van der Waals surface area contributed by atoms with Crippen LogP contribution >= 0.6 is 27.3 Å². The van der Waals surface area contributed by atoms with E-state index < -0.39 is 0 Å². The Morgan fingerprint density at radius 2 is 2.29 bits per heavy atom. The molecule has 0 saturated heterocycles. The summed E-state index contributed by atoms with van der Waals surface area (Å²) in [6.45, 7) is 0.971. The summed E-state index contributed by atoms with van der Waals surface area (Å²) >= 11 is 5.31. The SMILES string of the molecule is NC1CCCc2c1ccn2Cc1ccc(Br)s1. The van der Waals surface area contributed by atoms with Crippen LogP contribution < -0.4 is 5.73 Å². The summed E-state index contributed by atoms with van der Waals surface area (Å²) in [6, 6.07) is 6.74. The first-order valence-corrected chi connectivity index (χ1v) is 7.52. The lowest BCUT2D eigenvalue weighted by Gasteiger charge is -2.20. The van der Waals surface area contributed by atoms with Gasteiger partial charge in [0.2, 0.25) is 0 Å². The lowest BCUT2D eigenvalue weighted by Crippen LogP contribution is -2.18. The second-order valence-electron chi connectivity index (χ2n) is 4.55. The van der Waals surface area contributed by atoms with Crippen LogP contribution in [0.4, 0.5) is 0 Å². The van der Waals surface area contributed by atoms with Crippen molar-refractivity contribution in [1.82, 2.24) is 4.57 Å². The predicted molar refractivity (Wildman–Crippen MR) is 75.4 cm³/mol.